The summed E-state index contributed by atoms with van der Waals surface area (Å²) in [5.41, 5.74) is 0.259. The molecule has 0 saturated carbocycles. The van der Waals surface area contributed by atoms with Crippen LogP contribution in [0.15, 0.2) is 35.2 Å². The predicted molar refractivity (Wildman–Crippen MR) is 91.1 cm³/mol. The Morgan fingerprint density at radius 3 is 2.54 bits per heavy atom. The average Bonchev–Trinajstić information content (AvgIpc) is 2.83. The Morgan fingerprint density at radius 2 is 1.96 bits per heavy atom. The summed E-state index contributed by atoms with van der Waals surface area (Å²) in [6, 6.07) is 6.68. The van der Waals surface area contributed by atoms with Gasteiger partial charge in [-0.05, 0) is 24.3 Å². The molecular weight excluding hydrogens is 399 g/mol. The standard InChI is InChI=1S/C13H10Cl2N2O5S2/c14-10-5-9(12(15)23-10)13(19)22-6-11(18)17-7-2-1-3-8(4-7)24(16,20)21/h1-5H,6H2,(H,17,18)(H2,16,20,21). The van der Waals surface area contributed by atoms with E-state index in [1.54, 1.807) is 0 Å². The third-order valence-corrected chi connectivity index (χ3v) is 5.06. The molecule has 0 spiro atoms. The molecule has 128 valence electrons. The lowest BCUT2D eigenvalue weighted by Gasteiger charge is -2.07. The fourth-order valence-electron chi connectivity index (χ4n) is 1.64. The van der Waals surface area contributed by atoms with Crippen LogP contribution in [0.4, 0.5) is 5.69 Å². The number of carbonyl (C=O) groups is 2. The molecule has 0 fully saturated rings. The van der Waals surface area contributed by atoms with Gasteiger partial charge in [0, 0.05) is 5.69 Å². The Morgan fingerprint density at radius 1 is 1.25 bits per heavy atom. The second-order valence-corrected chi connectivity index (χ2v) is 8.28. The summed E-state index contributed by atoms with van der Waals surface area (Å²) >= 11 is 12.5. The van der Waals surface area contributed by atoms with Gasteiger partial charge in [0.1, 0.15) is 4.34 Å². The van der Waals surface area contributed by atoms with Gasteiger partial charge in [0.15, 0.2) is 6.61 Å². The smallest absolute Gasteiger partial charge is 0.341 e. The van der Waals surface area contributed by atoms with E-state index in [1.807, 2.05) is 0 Å². The van der Waals surface area contributed by atoms with E-state index in [-0.39, 0.29) is 20.5 Å². The van der Waals surface area contributed by atoms with Crippen LogP contribution in [-0.2, 0) is 19.6 Å². The van der Waals surface area contributed by atoms with Crippen molar-refractivity contribution in [3.8, 4) is 0 Å². The molecule has 0 atom stereocenters. The highest BCUT2D eigenvalue weighted by molar-refractivity contribution is 7.89. The first-order valence-corrected chi connectivity index (χ1v) is 9.33. The zero-order valence-electron chi connectivity index (χ0n) is 11.8. The van der Waals surface area contributed by atoms with Crippen LogP contribution in [0.2, 0.25) is 8.67 Å². The molecule has 3 N–H and O–H groups in total. The highest BCUT2D eigenvalue weighted by Crippen LogP contribution is 2.31. The molecule has 0 unspecified atom stereocenters. The Balaban J connectivity index is 1.97. The van der Waals surface area contributed by atoms with Crippen LogP contribution in [0.1, 0.15) is 10.4 Å². The maximum absolute atomic E-state index is 11.8. The van der Waals surface area contributed by atoms with Gasteiger partial charge in [-0.15, -0.1) is 11.3 Å². The van der Waals surface area contributed by atoms with Crippen molar-refractivity contribution in [2.45, 2.75) is 4.90 Å². The topological polar surface area (TPSA) is 116 Å². The lowest BCUT2D eigenvalue weighted by atomic mass is 10.3. The summed E-state index contributed by atoms with van der Waals surface area (Å²) in [7, 11) is -3.89. The maximum atomic E-state index is 11.8. The van der Waals surface area contributed by atoms with E-state index >= 15 is 0 Å². The van der Waals surface area contributed by atoms with Crippen molar-refractivity contribution in [2.75, 3.05) is 11.9 Å². The molecular formula is C13H10Cl2N2O5S2. The zero-order valence-corrected chi connectivity index (χ0v) is 14.9. The van der Waals surface area contributed by atoms with Crippen molar-refractivity contribution < 1.29 is 22.7 Å². The number of benzene rings is 1. The molecule has 2 rings (SSSR count). The summed E-state index contributed by atoms with van der Waals surface area (Å²) in [6.45, 7) is -0.581. The number of thiophene rings is 1. The van der Waals surface area contributed by atoms with E-state index in [9.17, 15) is 18.0 Å². The third-order valence-electron chi connectivity index (χ3n) is 2.66. The van der Waals surface area contributed by atoms with Gasteiger partial charge in [0.05, 0.1) is 14.8 Å². The molecule has 0 aliphatic carbocycles. The summed E-state index contributed by atoms with van der Waals surface area (Å²) in [5, 5.41) is 7.39. The zero-order chi connectivity index (χ0) is 17.9. The largest absolute Gasteiger partial charge is 0.452 e. The van der Waals surface area contributed by atoms with Crippen molar-refractivity contribution in [1.82, 2.24) is 0 Å². The molecule has 7 nitrogen and oxygen atoms in total. The minimum absolute atomic E-state index is 0.0655. The van der Waals surface area contributed by atoms with E-state index < -0.39 is 28.5 Å². The first-order chi connectivity index (χ1) is 11.2. The van der Waals surface area contributed by atoms with E-state index in [2.05, 4.69) is 5.32 Å². The lowest BCUT2D eigenvalue weighted by Crippen LogP contribution is -2.21. The van der Waals surface area contributed by atoms with Crippen LogP contribution in [0.3, 0.4) is 0 Å². The molecule has 0 saturated heterocycles. The minimum Gasteiger partial charge on any atom is -0.452 e. The Kier molecular flexibility index (Phi) is 5.83. The van der Waals surface area contributed by atoms with Gasteiger partial charge in [0.25, 0.3) is 5.91 Å². The number of anilines is 1. The quantitative estimate of drug-likeness (QED) is 0.737. The molecule has 1 aromatic heterocycles. The Hall–Kier alpha value is -1.65. The van der Waals surface area contributed by atoms with Gasteiger partial charge in [0.2, 0.25) is 10.0 Å². The molecule has 11 heteroatoms. The number of carbonyl (C=O) groups excluding carboxylic acids is 2. The van der Waals surface area contributed by atoms with Crippen molar-refractivity contribution >= 4 is 62.1 Å². The van der Waals surface area contributed by atoms with Gasteiger partial charge < -0.3 is 10.1 Å². The molecule has 0 radical (unpaired) electrons. The van der Waals surface area contributed by atoms with Crippen molar-refractivity contribution in [3.63, 3.8) is 0 Å². The molecule has 1 aromatic carbocycles. The molecule has 1 amide bonds. The number of primary sulfonamides is 1. The molecule has 1 heterocycles. The summed E-state index contributed by atoms with van der Waals surface area (Å²) in [4.78, 5) is 23.4. The SMILES string of the molecule is NS(=O)(=O)c1cccc(NC(=O)COC(=O)c2cc(Cl)sc2Cl)c1. The van der Waals surface area contributed by atoms with E-state index in [0.717, 1.165) is 11.3 Å². The number of nitrogens with one attached hydrogen (secondary N) is 1. The number of hydrogen-bond donors (Lipinski definition) is 2. The number of esters is 1. The summed E-state index contributed by atoms with van der Waals surface area (Å²) in [5.74, 6) is -1.45. The van der Waals surface area contributed by atoms with Crippen molar-refractivity contribution in [3.05, 3.63) is 44.6 Å². The molecule has 0 aliphatic heterocycles. The van der Waals surface area contributed by atoms with Gasteiger partial charge in [-0.25, -0.2) is 18.4 Å². The van der Waals surface area contributed by atoms with Crippen molar-refractivity contribution in [1.29, 1.82) is 0 Å². The molecule has 0 bridgehead atoms. The van der Waals surface area contributed by atoms with E-state index in [0.29, 0.717) is 4.34 Å². The number of rotatable bonds is 5. The number of sulfonamides is 1. The first-order valence-electron chi connectivity index (χ1n) is 6.21. The van der Waals surface area contributed by atoms with Crippen LogP contribution in [0.25, 0.3) is 0 Å². The van der Waals surface area contributed by atoms with Crippen LogP contribution >= 0.6 is 34.5 Å². The van der Waals surface area contributed by atoms with Gasteiger partial charge in [-0.1, -0.05) is 29.3 Å². The Bertz CT molecular complexity index is 896. The fraction of sp³-hybridized carbons (Fsp3) is 0.0769. The highest BCUT2D eigenvalue weighted by atomic mass is 35.5. The average molecular weight is 409 g/mol. The highest BCUT2D eigenvalue weighted by Gasteiger charge is 2.17. The third kappa shape index (κ3) is 4.92. The second-order valence-electron chi connectivity index (χ2n) is 4.44. The van der Waals surface area contributed by atoms with Crippen molar-refractivity contribution in [2.24, 2.45) is 5.14 Å². The van der Waals surface area contributed by atoms with Gasteiger partial charge in [-0.2, -0.15) is 0 Å². The second kappa shape index (κ2) is 7.49. The molecule has 2 aromatic rings. The lowest BCUT2D eigenvalue weighted by molar-refractivity contribution is -0.119. The number of hydrogen-bond acceptors (Lipinski definition) is 6. The van der Waals surface area contributed by atoms with Crippen LogP contribution < -0.4 is 10.5 Å². The number of ether oxygens (including phenoxy) is 1. The summed E-state index contributed by atoms with van der Waals surface area (Å²) < 4.78 is 27.8. The fourth-order valence-corrected chi connectivity index (χ4v) is 3.64. The number of amides is 1. The van der Waals surface area contributed by atoms with Gasteiger partial charge in [-0.3, -0.25) is 4.79 Å². The minimum atomic E-state index is -3.89. The predicted octanol–water partition coefficient (Wildman–Crippen LogP) is 2.50. The van der Waals surface area contributed by atoms with E-state index in [4.69, 9.17) is 33.1 Å². The molecule has 24 heavy (non-hydrogen) atoms. The van der Waals surface area contributed by atoms with Crippen LogP contribution in [0.5, 0.6) is 0 Å². The monoisotopic (exact) mass is 408 g/mol. The normalized spacial score (nSPS) is 11.1. The van der Waals surface area contributed by atoms with Gasteiger partial charge >= 0.3 is 5.97 Å². The van der Waals surface area contributed by atoms with E-state index in [1.165, 1.54) is 30.3 Å². The first kappa shape index (κ1) is 18.7. The molecule has 0 aliphatic rings. The maximum Gasteiger partial charge on any atom is 0.341 e. The van der Waals surface area contributed by atoms with Crippen LogP contribution in [0, 0.1) is 0 Å². The Labute approximate surface area is 151 Å². The number of halogens is 2. The van der Waals surface area contributed by atoms with Crippen LogP contribution in [-0.4, -0.2) is 26.9 Å². The summed E-state index contributed by atoms with van der Waals surface area (Å²) in [6.07, 6.45) is 0. The number of nitrogens with two attached hydrogens (primary N) is 1.